The first-order chi connectivity index (χ1) is 8.70. The van der Waals surface area contributed by atoms with Crippen LogP contribution in [0.25, 0.3) is 5.03 Å². The Bertz CT molecular complexity index is 564. The Morgan fingerprint density at radius 3 is 2.56 bits per heavy atom. The van der Waals surface area contributed by atoms with E-state index in [1.165, 1.54) is 6.07 Å². The molecule has 0 saturated carbocycles. The van der Waals surface area contributed by atoms with E-state index in [9.17, 15) is 4.39 Å². The molecule has 3 heteroatoms. The van der Waals surface area contributed by atoms with Gasteiger partial charge in [-0.3, -0.25) is 0 Å². The Morgan fingerprint density at radius 2 is 1.89 bits per heavy atom. The van der Waals surface area contributed by atoms with E-state index in [1.807, 2.05) is 25.1 Å². The number of para-hydroxylation sites is 1. The molecule has 0 spiro atoms. The minimum atomic E-state index is -0.414. The van der Waals surface area contributed by atoms with Crippen LogP contribution < -0.4 is 4.74 Å². The van der Waals surface area contributed by atoms with Gasteiger partial charge in [-0.2, -0.15) is 0 Å². The van der Waals surface area contributed by atoms with Crippen LogP contribution in [0, 0.1) is 5.82 Å². The van der Waals surface area contributed by atoms with Crippen molar-refractivity contribution < 1.29 is 9.13 Å². The Balaban J connectivity index is 2.33. The molecule has 0 aliphatic heterocycles. The molecule has 0 aromatic heterocycles. The zero-order valence-corrected chi connectivity index (χ0v) is 10.6. The van der Waals surface area contributed by atoms with Gasteiger partial charge < -0.3 is 4.74 Å². The predicted octanol–water partition coefficient (Wildman–Crippen LogP) is 5.22. The first-order valence-electron chi connectivity index (χ1n) is 5.55. The van der Waals surface area contributed by atoms with Gasteiger partial charge in [0, 0.05) is 5.03 Å². The molecule has 0 aliphatic rings. The highest BCUT2D eigenvalue weighted by Crippen LogP contribution is 2.29. The maximum Gasteiger partial charge on any atom is 0.165 e. The molecule has 92 valence electrons. The fourth-order valence-electron chi connectivity index (χ4n) is 1.51. The summed E-state index contributed by atoms with van der Waals surface area (Å²) in [6, 6.07) is 13.6. The van der Waals surface area contributed by atoms with Crippen LogP contribution in [0.1, 0.15) is 12.5 Å². The number of rotatable bonds is 3. The van der Waals surface area contributed by atoms with Crippen LogP contribution in [0.5, 0.6) is 11.5 Å². The van der Waals surface area contributed by atoms with Gasteiger partial charge in [-0.15, -0.1) is 0 Å². The quantitative estimate of drug-likeness (QED) is 0.737. The molecule has 18 heavy (non-hydrogen) atoms. The number of benzene rings is 2. The van der Waals surface area contributed by atoms with Crippen LogP contribution in [0.2, 0.25) is 0 Å². The third-order valence-electron chi connectivity index (χ3n) is 2.43. The van der Waals surface area contributed by atoms with Crippen LogP contribution in [-0.4, -0.2) is 0 Å². The van der Waals surface area contributed by atoms with Crippen molar-refractivity contribution in [1.82, 2.24) is 0 Å². The van der Waals surface area contributed by atoms with Gasteiger partial charge in [0.05, 0.1) is 0 Å². The number of halogens is 2. The Hall–Kier alpha value is -1.80. The average molecular weight is 263 g/mol. The van der Waals surface area contributed by atoms with E-state index in [1.54, 1.807) is 30.3 Å². The maximum absolute atomic E-state index is 13.6. The summed E-state index contributed by atoms with van der Waals surface area (Å²) < 4.78 is 19.1. The molecule has 0 N–H and O–H groups in total. The van der Waals surface area contributed by atoms with E-state index in [0.29, 0.717) is 10.8 Å². The Morgan fingerprint density at radius 1 is 1.17 bits per heavy atom. The van der Waals surface area contributed by atoms with Crippen molar-refractivity contribution in [3.63, 3.8) is 0 Å². The summed E-state index contributed by atoms with van der Waals surface area (Å²) in [5.74, 6) is 0.340. The minimum absolute atomic E-state index is 0.165. The van der Waals surface area contributed by atoms with E-state index in [4.69, 9.17) is 16.3 Å². The first kappa shape index (κ1) is 12.7. The molecule has 0 unspecified atom stereocenters. The lowest BCUT2D eigenvalue weighted by atomic mass is 10.2. The van der Waals surface area contributed by atoms with Crippen LogP contribution in [0.15, 0.2) is 54.6 Å². The van der Waals surface area contributed by atoms with Gasteiger partial charge in [0.15, 0.2) is 11.6 Å². The summed E-state index contributed by atoms with van der Waals surface area (Å²) in [6.45, 7) is 1.82. The monoisotopic (exact) mass is 262 g/mol. The predicted molar refractivity (Wildman–Crippen MR) is 72.4 cm³/mol. The molecule has 1 nitrogen and oxygen atoms in total. The van der Waals surface area contributed by atoms with Gasteiger partial charge in [-0.1, -0.05) is 41.9 Å². The Kier molecular flexibility index (Phi) is 4.00. The lowest BCUT2D eigenvalue weighted by Gasteiger charge is -2.08. The lowest BCUT2D eigenvalue weighted by molar-refractivity contribution is 0.442. The summed E-state index contributed by atoms with van der Waals surface area (Å²) in [7, 11) is 0. The Labute approximate surface area is 110 Å². The van der Waals surface area contributed by atoms with Crippen LogP contribution in [0.3, 0.4) is 0 Å². The zero-order valence-electron chi connectivity index (χ0n) is 9.86. The van der Waals surface area contributed by atoms with Crippen molar-refractivity contribution in [2.24, 2.45) is 0 Å². The number of allylic oxidation sites excluding steroid dienone is 1. The summed E-state index contributed by atoms with van der Waals surface area (Å²) in [5, 5.41) is 0.563. The molecule has 0 fully saturated rings. The standard InChI is InChI=1S/C15H12ClFO/c1-2-13(16)11-8-9-14(17)15(10-11)18-12-6-4-3-5-7-12/h2-10H,1H3/b13-2+. The van der Waals surface area contributed by atoms with Gasteiger partial charge in [0.2, 0.25) is 0 Å². The van der Waals surface area contributed by atoms with Gasteiger partial charge in [-0.05, 0) is 36.8 Å². The van der Waals surface area contributed by atoms with E-state index >= 15 is 0 Å². The lowest BCUT2D eigenvalue weighted by Crippen LogP contribution is -1.89. The fraction of sp³-hybridized carbons (Fsp3) is 0.0667. The van der Waals surface area contributed by atoms with Crippen LogP contribution in [-0.2, 0) is 0 Å². The fourth-order valence-corrected chi connectivity index (χ4v) is 1.63. The second-order valence-electron chi connectivity index (χ2n) is 3.70. The molecule has 0 aliphatic carbocycles. The highest BCUT2D eigenvalue weighted by molar-refractivity contribution is 6.48. The van der Waals surface area contributed by atoms with E-state index in [-0.39, 0.29) is 5.75 Å². The van der Waals surface area contributed by atoms with Gasteiger partial charge >= 0.3 is 0 Å². The van der Waals surface area contributed by atoms with Crippen molar-refractivity contribution in [2.75, 3.05) is 0 Å². The number of ether oxygens (including phenoxy) is 1. The third-order valence-corrected chi connectivity index (χ3v) is 2.87. The second kappa shape index (κ2) is 5.69. The smallest absolute Gasteiger partial charge is 0.165 e. The van der Waals surface area contributed by atoms with Gasteiger partial charge in [0.1, 0.15) is 5.75 Å². The highest BCUT2D eigenvalue weighted by atomic mass is 35.5. The number of hydrogen-bond acceptors (Lipinski definition) is 1. The number of hydrogen-bond donors (Lipinski definition) is 0. The molecule has 2 aromatic rings. The summed E-state index contributed by atoms with van der Waals surface area (Å²) in [5.41, 5.74) is 0.728. The van der Waals surface area contributed by atoms with Crippen LogP contribution >= 0.6 is 11.6 Å². The molecule has 2 aromatic carbocycles. The molecule has 0 saturated heterocycles. The molecule has 0 amide bonds. The summed E-state index contributed by atoms with van der Waals surface area (Å²) in [4.78, 5) is 0. The molecule has 0 heterocycles. The van der Waals surface area contributed by atoms with E-state index < -0.39 is 5.82 Å². The zero-order chi connectivity index (χ0) is 13.0. The molecule has 0 radical (unpaired) electrons. The molecule has 0 atom stereocenters. The average Bonchev–Trinajstić information content (AvgIpc) is 2.41. The molecular weight excluding hydrogens is 251 g/mol. The first-order valence-corrected chi connectivity index (χ1v) is 5.93. The molecular formula is C15H12ClFO. The summed E-state index contributed by atoms with van der Waals surface area (Å²) in [6.07, 6.45) is 1.75. The van der Waals surface area contributed by atoms with Crippen molar-refractivity contribution in [1.29, 1.82) is 0 Å². The van der Waals surface area contributed by atoms with E-state index in [2.05, 4.69) is 0 Å². The topological polar surface area (TPSA) is 9.23 Å². The minimum Gasteiger partial charge on any atom is -0.454 e. The normalized spacial score (nSPS) is 11.4. The highest BCUT2D eigenvalue weighted by Gasteiger charge is 2.07. The van der Waals surface area contributed by atoms with Crippen molar-refractivity contribution in [3.05, 3.63) is 66.0 Å². The largest absolute Gasteiger partial charge is 0.454 e. The van der Waals surface area contributed by atoms with Crippen molar-refractivity contribution in [3.8, 4) is 11.5 Å². The van der Waals surface area contributed by atoms with E-state index in [0.717, 1.165) is 5.56 Å². The molecule has 0 bridgehead atoms. The van der Waals surface area contributed by atoms with Crippen LogP contribution in [0.4, 0.5) is 4.39 Å². The SMILES string of the molecule is C/C=C(/Cl)c1ccc(F)c(Oc2ccccc2)c1. The summed E-state index contributed by atoms with van der Waals surface area (Å²) >= 11 is 6.00. The molecule has 2 rings (SSSR count). The second-order valence-corrected chi connectivity index (χ2v) is 4.10. The van der Waals surface area contributed by atoms with Crippen molar-refractivity contribution >= 4 is 16.6 Å². The van der Waals surface area contributed by atoms with Gasteiger partial charge in [0.25, 0.3) is 0 Å². The third kappa shape index (κ3) is 2.90. The van der Waals surface area contributed by atoms with Gasteiger partial charge in [-0.25, -0.2) is 4.39 Å². The maximum atomic E-state index is 13.6. The van der Waals surface area contributed by atoms with Crippen molar-refractivity contribution in [2.45, 2.75) is 6.92 Å².